The average molecular weight is 423 g/mol. The van der Waals surface area contributed by atoms with Gasteiger partial charge in [0.05, 0.1) is 0 Å². The van der Waals surface area contributed by atoms with Crippen LogP contribution in [-0.2, 0) is 0 Å². The van der Waals surface area contributed by atoms with Gasteiger partial charge in [0.25, 0.3) is 0 Å². The predicted octanol–water partition coefficient (Wildman–Crippen LogP) is 2.13. The summed E-state index contributed by atoms with van der Waals surface area (Å²) in [5.41, 5.74) is 1.06. The summed E-state index contributed by atoms with van der Waals surface area (Å²) in [4.78, 5) is 25.9. The first-order chi connectivity index (χ1) is 11.2. The molecule has 2 amide bonds. The average Bonchev–Trinajstić information content (AvgIpc) is 2.84. The topological polar surface area (TPSA) is 46.6 Å². The van der Waals surface area contributed by atoms with Gasteiger partial charge < -0.3 is 0 Å². The maximum absolute atomic E-state index is 12.2. The fourth-order valence-electron chi connectivity index (χ4n) is 2.53. The van der Waals surface area contributed by atoms with E-state index < -0.39 is 0 Å². The summed E-state index contributed by atoms with van der Waals surface area (Å²) in [6.07, 6.45) is 0.861. The number of rotatable bonds is 6. The number of carbonyl (C=O) groups is 2. The molecule has 3 rings (SSSR count). The van der Waals surface area contributed by atoms with Gasteiger partial charge in [-0.2, -0.15) is 0 Å². The van der Waals surface area contributed by atoms with Crippen LogP contribution in [0, 0.1) is 0 Å². The molecule has 4 nitrogen and oxygen atoms in total. The number of carbonyl (C=O) groups excluding carboxylic acids is 2. The van der Waals surface area contributed by atoms with E-state index in [1.54, 1.807) is 31.4 Å². The van der Waals surface area contributed by atoms with Crippen LogP contribution in [0.4, 0.5) is 0 Å². The standard InChI is InChI=1S/C18H17NO3Te/c1-22-13-7-9-14(10-8-13)23-12-4-11-19-17(20)15-5-2-3-6-16(15)18(19)21/h2-3,5-10H,4,11-12H2,1H3. The van der Waals surface area contributed by atoms with Crippen LogP contribution >= 0.6 is 0 Å². The Morgan fingerprint density at radius 2 is 1.57 bits per heavy atom. The number of benzene rings is 2. The van der Waals surface area contributed by atoms with Crippen LogP contribution in [0.25, 0.3) is 0 Å². The Labute approximate surface area is 145 Å². The van der Waals surface area contributed by atoms with Crippen LogP contribution < -0.4 is 8.35 Å². The zero-order chi connectivity index (χ0) is 16.2. The molecule has 23 heavy (non-hydrogen) atoms. The molecule has 0 aliphatic carbocycles. The van der Waals surface area contributed by atoms with Crippen molar-refractivity contribution < 1.29 is 14.3 Å². The van der Waals surface area contributed by atoms with Crippen molar-refractivity contribution in [2.75, 3.05) is 13.7 Å². The van der Waals surface area contributed by atoms with E-state index >= 15 is 0 Å². The van der Waals surface area contributed by atoms with Crippen molar-refractivity contribution in [2.24, 2.45) is 0 Å². The zero-order valence-electron chi connectivity index (χ0n) is 12.8. The molecule has 0 saturated heterocycles. The summed E-state index contributed by atoms with van der Waals surface area (Å²) in [7, 11) is 1.66. The quantitative estimate of drug-likeness (QED) is 0.407. The Morgan fingerprint density at radius 1 is 0.957 bits per heavy atom. The van der Waals surface area contributed by atoms with Crippen molar-refractivity contribution in [1.29, 1.82) is 0 Å². The fourth-order valence-corrected chi connectivity index (χ4v) is 4.92. The Hall–Kier alpha value is -1.83. The Balaban J connectivity index is 1.51. The summed E-state index contributed by atoms with van der Waals surface area (Å²) in [6.45, 7) is 0.507. The molecule has 0 N–H and O–H groups in total. The second-order valence-electron chi connectivity index (χ2n) is 5.19. The number of methoxy groups -OCH3 is 1. The molecular weight excluding hydrogens is 406 g/mol. The van der Waals surface area contributed by atoms with Crippen LogP contribution in [0.3, 0.4) is 0 Å². The van der Waals surface area contributed by atoms with E-state index in [1.807, 2.05) is 12.1 Å². The predicted molar refractivity (Wildman–Crippen MR) is 89.6 cm³/mol. The van der Waals surface area contributed by atoms with Gasteiger partial charge in [-0.05, 0) is 0 Å². The molecule has 0 radical (unpaired) electrons. The van der Waals surface area contributed by atoms with Gasteiger partial charge in [-0.25, -0.2) is 0 Å². The molecule has 0 spiro atoms. The third-order valence-electron chi connectivity index (χ3n) is 3.73. The number of hydrogen-bond donors (Lipinski definition) is 0. The van der Waals surface area contributed by atoms with Crippen molar-refractivity contribution in [3.8, 4) is 5.75 Å². The van der Waals surface area contributed by atoms with E-state index in [0.717, 1.165) is 16.6 Å². The molecule has 1 aliphatic rings. The molecule has 1 aliphatic heterocycles. The molecule has 0 bridgehead atoms. The van der Waals surface area contributed by atoms with Gasteiger partial charge in [0.15, 0.2) is 0 Å². The first-order valence-corrected chi connectivity index (χ1v) is 10.2. The van der Waals surface area contributed by atoms with Crippen LogP contribution in [-0.4, -0.2) is 51.3 Å². The van der Waals surface area contributed by atoms with Crippen molar-refractivity contribution in [3.63, 3.8) is 0 Å². The van der Waals surface area contributed by atoms with E-state index in [0.29, 0.717) is 17.7 Å². The van der Waals surface area contributed by atoms with Gasteiger partial charge in [0.2, 0.25) is 0 Å². The van der Waals surface area contributed by atoms with Gasteiger partial charge >= 0.3 is 146 Å². The van der Waals surface area contributed by atoms with Gasteiger partial charge in [-0.3, -0.25) is 0 Å². The van der Waals surface area contributed by atoms with Gasteiger partial charge in [0.1, 0.15) is 0 Å². The third kappa shape index (κ3) is 3.41. The van der Waals surface area contributed by atoms with Gasteiger partial charge in [-0.15, -0.1) is 0 Å². The normalized spacial score (nSPS) is 13.3. The molecular formula is C18H17NO3Te. The molecule has 0 saturated carbocycles. The first-order valence-electron chi connectivity index (χ1n) is 7.43. The SMILES string of the molecule is COc1ccc([Te]CCCN2C(=O)c3ccccc3C2=O)cc1. The summed E-state index contributed by atoms with van der Waals surface area (Å²) < 4.78 is 7.57. The van der Waals surface area contributed by atoms with Crippen molar-refractivity contribution in [3.05, 3.63) is 59.7 Å². The molecule has 1 heterocycles. The second kappa shape index (κ2) is 7.16. The monoisotopic (exact) mass is 425 g/mol. The minimum atomic E-state index is -0.294. The second-order valence-corrected chi connectivity index (χ2v) is 8.52. The van der Waals surface area contributed by atoms with E-state index in [-0.39, 0.29) is 32.7 Å². The first kappa shape index (κ1) is 16.0. The summed E-state index contributed by atoms with van der Waals surface area (Å²) in [5.74, 6) is 0.554. The number of nitrogens with zero attached hydrogens (tertiary/aromatic N) is 1. The summed E-state index contributed by atoms with van der Waals surface area (Å²) in [6, 6.07) is 15.2. The minimum absolute atomic E-state index is 0.157. The number of amides is 2. The summed E-state index contributed by atoms with van der Waals surface area (Å²) >= 11 is -0.294. The van der Waals surface area contributed by atoms with E-state index in [4.69, 9.17) is 4.74 Å². The Bertz CT molecular complexity index is 692. The number of ether oxygens (including phenoxy) is 1. The van der Waals surface area contributed by atoms with Crippen LogP contribution in [0.1, 0.15) is 27.1 Å². The summed E-state index contributed by atoms with van der Waals surface area (Å²) in [5, 5.41) is 0. The molecule has 0 aromatic heterocycles. The number of imide groups is 1. The van der Waals surface area contributed by atoms with Crippen molar-refractivity contribution >= 4 is 36.3 Å². The van der Waals surface area contributed by atoms with Crippen LogP contribution in [0.15, 0.2) is 48.5 Å². The number of fused-ring (bicyclic) bond motifs is 1. The van der Waals surface area contributed by atoms with Gasteiger partial charge in [-0.1, -0.05) is 0 Å². The molecule has 0 fully saturated rings. The molecule has 5 heteroatoms. The third-order valence-corrected chi connectivity index (χ3v) is 6.87. The molecule has 118 valence electrons. The Morgan fingerprint density at radius 3 is 2.13 bits per heavy atom. The van der Waals surface area contributed by atoms with Crippen molar-refractivity contribution in [1.82, 2.24) is 4.90 Å². The zero-order valence-corrected chi connectivity index (χ0v) is 15.2. The van der Waals surface area contributed by atoms with E-state index in [9.17, 15) is 9.59 Å². The number of hydrogen-bond acceptors (Lipinski definition) is 3. The maximum atomic E-state index is 12.2. The fraction of sp³-hybridized carbons (Fsp3) is 0.222. The molecule has 2 aromatic carbocycles. The van der Waals surface area contributed by atoms with E-state index in [1.165, 1.54) is 8.51 Å². The molecule has 0 unspecified atom stereocenters. The van der Waals surface area contributed by atoms with Crippen LogP contribution in [0.2, 0.25) is 4.47 Å². The molecule has 2 aromatic rings. The molecule has 0 atom stereocenters. The van der Waals surface area contributed by atoms with Crippen molar-refractivity contribution in [2.45, 2.75) is 10.9 Å². The Kier molecular flexibility index (Phi) is 5.00. The van der Waals surface area contributed by atoms with Gasteiger partial charge in [0, 0.05) is 0 Å². The van der Waals surface area contributed by atoms with E-state index in [2.05, 4.69) is 12.1 Å². The van der Waals surface area contributed by atoms with Crippen LogP contribution in [0.5, 0.6) is 5.75 Å².